The summed E-state index contributed by atoms with van der Waals surface area (Å²) in [6.45, 7) is 0.315. The summed E-state index contributed by atoms with van der Waals surface area (Å²) in [6, 6.07) is 3.57. The van der Waals surface area contributed by atoms with Gasteiger partial charge < -0.3 is 11.1 Å². The van der Waals surface area contributed by atoms with Crippen LogP contribution in [0, 0.1) is 11.6 Å². The Morgan fingerprint density at radius 3 is 2.82 bits per heavy atom. The minimum Gasteiger partial charge on any atom is -0.395 e. The lowest BCUT2D eigenvalue weighted by molar-refractivity contribution is 0.587. The fourth-order valence-electron chi connectivity index (χ4n) is 1.34. The quantitative estimate of drug-likeness (QED) is 0.799. The van der Waals surface area contributed by atoms with Gasteiger partial charge in [0.15, 0.2) is 5.82 Å². The number of nitrogen functional groups attached to an aromatic ring is 1. The van der Waals surface area contributed by atoms with Crippen LogP contribution in [0.4, 0.5) is 20.2 Å². The number of anilines is 2. The highest BCUT2D eigenvalue weighted by Gasteiger charge is 2.07. The highest BCUT2D eigenvalue weighted by molar-refractivity contribution is 5.66. The van der Waals surface area contributed by atoms with E-state index in [0.717, 1.165) is 12.1 Å². The third kappa shape index (κ3) is 2.66. The first-order chi connectivity index (χ1) is 8.16. The van der Waals surface area contributed by atoms with Crippen molar-refractivity contribution in [1.82, 2.24) is 9.97 Å². The molecule has 6 heteroatoms. The van der Waals surface area contributed by atoms with Crippen LogP contribution in [0.2, 0.25) is 0 Å². The number of hydrogen-bond acceptors (Lipinski definition) is 4. The Morgan fingerprint density at radius 2 is 2.12 bits per heavy atom. The lowest BCUT2D eigenvalue weighted by Gasteiger charge is -2.09. The Kier molecular flexibility index (Phi) is 3.13. The smallest absolute Gasteiger partial charge is 0.151 e. The zero-order valence-electron chi connectivity index (χ0n) is 8.82. The van der Waals surface area contributed by atoms with E-state index in [4.69, 9.17) is 5.73 Å². The summed E-state index contributed by atoms with van der Waals surface area (Å²) in [7, 11) is 0. The van der Waals surface area contributed by atoms with Gasteiger partial charge in [-0.25, -0.2) is 18.7 Å². The van der Waals surface area contributed by atoms with Crippen molar-refractivity contribution in [3.63, 3.8) is 0 Å². The van der Waals surface area contributed by atoms with Gasteiger partial charge in [-0.3, -0.25) is 0 Å². The van der Waals surface area contributed by atoms with Crippen LogP contribution in [0.15, 0.2) is 30.7 Å². The van der Waals surface area contributed by atoms with Crippen LogP contribution in [0.1, 0.15) is 5.69 Å². The molecule has 17 heavy (non-hydrogen) atoms. The van der Waals surface area contributed by atoms with E-state index < -0.39 is 11.6 Å². The molecule has 0 atom stereocenters. The average molecular weight is 236 g/mol. The summed E-state index contributed by atoms with van der Waals surface area (Å²) in [5, 5.41) is 2.82. The number of aromatic nitrogens is 2. The summed E-state index contributed by atoms with van der Waals surface area (Å²) in [5.74, 6) is -1.46. The number of rotatable bonds is 3. The molecule has 0 aliphatic rings. The summed E-state index contributed by atoms with van der Waals surface area (Å²) < 4.78 is 26.1. The zero-order chi connectivity index (χ0) is 12.3. The van der Waals surface area contributed by atoms with Crippen LogP contribution in [-0.4, -0.2) is 9.97 Å². The Labute approximate surface area is 96.5 Å². The molecule has 2 aromatic rings. The van der Waals surface area contributed by atoms with Crippen LogP contribution in [0.25, 0.3) is 0 Å². The third-order valence-corrected chi connectivity index (χ3v) is 2.20. The van der Waals surface area contributed by atoms with E-state index in [0.29, 0.717) is 12.2 Å². The van der Waals surface area contributed by atoms with Gasteiger partial charge in [-0.05, 0) is 12.1 Å². The fraction of sp³-hybridized carbons (Fsp3) is 0.0909. The number of halogens is 2. The number of nitrogens with zero attached hydrogens (tertiary/aromatic N) is 2. The summed E-state index contributed by atoms with van der Waals surface area (Å²) in [4.78, 5) is 7.73. The maximum Gasteiger partial charge on any atom is 0.151 e. The molecule has 0 saturated carbocycles. The van der Waals surface area contributed by atoms with Gasteiger partial charge in [0.05, 0.1) is 23.6 Å². The molecular weight excluding hydrogens is 226 g/mol. The molecule has 1 aromatic heterocycles. The molecule has 0 amide bonds. The molecule has 0 aliphatic carbocycles. The number of nitrogens with one attached hydrogen (secondary N) is 1. The molecule has 3 N–H and O–H groups in total. The summed E-state index contributed by atoms with van der Waals surface area (Å²) in [6.07, 6.45) is 2.98. The van der Waals surface area contributed by atoms with Crippen molar-refractivity contribution >= 4 is 11.4 Å². The van der Waals surface area contributed by atoms with Gasteiger partial charge in [0.1, 0.15) is 12.1 Å². The van der Waals surface area contributed by atoms with Crippen molar-refractivity contribution in [3.8, 4) is 0 Å². The van der Waals surface area contributed by atoms with Crippen LogP contribution < -0.4 is 11.1 Å². The Hall–Kier alpha value is -2.24. The Bertz CT molecular complexity index is 516. The van der Waals surface area contributed by atoms with Crippen LogP contribution in [0.3, 0.4) is 0 Å². The second-order valence-corrected chi connectivity index (χ2v) is 3.40. The van der Waals surface area contributed by atoms with E-state index in [1.54, 1.807) is 12.3 Å². The van der Waals surface area contributed by atoms with Crippen LogP contribution in [0.5, 0.6) is 0 Å². The summed E-state index contributed by atoms with van der Waals surface area (Å²) in [5.41, 5.74) is 6.28. The highest BCUT2D eigenvalue weighted by Crippen LogP contribution is 2.23. The maximum absolute atomic E-state index is 13.1. The molecular formula is C11H10F2N4. The molecule has 88 valence electrons. The van der Waals surface area contributed by atoms with E-state index in [1.807, 2.05) is 0 Å². The van der Waals surface area contributed by atoms with Crippen molar-refractivity contribution in [2.45, 2.75) is 6.54 Å². The van der Waals surface area contributed by atoms with Crippen molar-refractivity contribution in [3.05, 3.63) is 48.1 Å². The van der Waals surface area contributed by atoms with Crippen molar-refractivity contribution in [2.75, 3.05) is 11.1 Å². The van der Waals surface area contributed by atoms with Crippen molar-refractivity contribution < 1.29 is 8.78 Å². The first kappa shape index (κ1) is 11.3. The Balaban J connectivity index is 2.14. The molecule has 2 rings (SSSR count). The van der Waals surface area contributed by atoms with Gasteiger partial charge in [-0.1, -0.05) is 0 Å². The molecule has 0 radical (unpaired) electrons. The van der Waals surface area contributed by atoms with Crippen LogP contribution in [-0.2, 0) is 6.54 Å². The molecule has 0 aliphatic heterocycles. The number of benzene rings is 1. The molecule has 0 bridgehead atoms. The predicted octanol–water partition coefficient (Wildman–Crippen LogP) is 1.95. The SMILES string of the molecule is Nc1c(F)cc(F)cc1NCc1ccncn1. The second kappa shape index (κ2) is 4.73. The van der Waals surface area contributed by atoms with E-state index in [2.05, 4.69) is 15.3 Å². The molecule has 0 saturated heterocycles. The molecule has 0 spiro atoms. The van der Waals surface area contributed by atoms with Crippen molar-refractivity contribution in [1.29, 1.82) is 0 Å². The molecule has 0 unspecified atom stereocenters. The molecule has 1 aromatic carbocycles. The van der Waals surface area contributed by atoms with E-state index >= 15 is 0 Å². The van der Waals surface area contributed by atoms with Crippen molar-refractivity contribution in [2.24, 2.45) is 0 Å². The summed E-state index contributed by atoms with van der Waals surface area (Å²) >= 11 is 0. The van der Waals surface area contributed by atoms with Gasteiger partial charge in [0, 0.05) is 12.3 Å². The van der Waals surface area contributed by atoms with E-state index in [1.165, 1.54) is 6.33 Å². The lowest BCUT2D eigenvalue weighted by Crippen LogP contribution is -2.06. The van der Waals surface area contributed by atoms with Gasteiger partial charge in [-0.15, -0.1) is 0 Å². The third-order valence-electron chi connectivity index (χ3n) is 2.20. The van der Waals surface area contributed by atoms with Gasteiger partial charge in [-0.2, -0.15) is 0 Å². The molecule has 4 nitrogen and oxygen atoms in total. The number of hydrogen-bond donors (Lipinski definition) is 2. The Morgan fingerprint density at radius 1 is 1.29 bits per heavy atom. The number of nitrogens with two attached hydrogens (primary N) is 1. The fourth-order valence-corrected chi connectivity index (χ4v) is 1.34. The zero-order valence-corrected chi connectivity index (χ0v) is 8.82. The lowest BCUT2D eigenvalue weighted by atomic mass is 10.2. The minimum absolute atomic E-state index is 0.111. The molecule has 1 heterocycles. The van der Waals surface area contributed by atoms with E-state index in [-0.39, 0.29) is 11.4 Å². The van der Waals surface area contributed by atoms with Gasteiger partial charge in [0.2, 0.25) is 0 Å². The largest absolute Gasteiger partial charge is 0.395 e. The monoisotopic (exact) mass is 236 g/mol. The van der Waals surface area contributed by atoms with Gasteiger partial charge >= 0.3 is 0 Å². The normalized spacial score (nSPS) is 10.2. The predicted molar refractivity (Wildman–Crippen MR) is 60.1 cm³/mol. The minimum atomic E-state index is -0.782. The van der Waals surface area contributed by atoms with Gasteiger partial charge in [0.25, 0.3) is 0 Å². The first-order valence-electron chi connectivity index (χ1n) is 4.90. The maximum atomic E-state index is 13.1. The average Bonchev–Trinajstić information content (AvgIpc) is 2.33. The second-order valence-electron chi connectivity index (χ2n) is 3.40. The molecule has 0 fully saturated rings. The van der Waals surface area contributed by atoms with E-state index in [9.17, 15) is 8.78 Å². The highest BCUT2D eigenvalue weighted by atomic mass is 19.1. The topological polar surface area (TPSA) is 63.8 Å². The first-order valence-corrected chi connectivity index (χ1v) is 4.90. The standard InChI is InChI=1S/C11H10F2N4/c12-7-3-9(13)11(14)10(4-7)16-5-8-1-2-15-6-17-8/h1-4,6,16H,5,14H2. The van der Waals surface area contributed by atoms with Crippen LogP contribution >= 0.6 is 0 Å².